The number of hydrogen-bond acceptors (Lipinski definition) is 12. The fourth-order valence-corrected chi connectivity index (χ4v) is 8.78. The number of primary amides is 3. The van der Waals surface area contributed by atoms with Gasteiger partial charge in [0, 0.05) is 31.6 Å². The molecule has 0 spiro atoms. The Kier molecular flexibility index (Phi) is 23.4. The van der Waals surface area contributed by atoms with Crippen molar-refractivity contribution in [3.8, 4) is 0 Å². The second-order valence-electron chi connectivity index (χ2n) is 17.9. The van der Waals surface area contributed by atoms with Crippen LogP contribution in [0.15, 0.2) is 24.3 Å². The van der Waals surface area contributed by atoms with E-state index in [9.17, 15) is 52.7 Å². The van der Waals surface area contributed by atoms with Crippen LogP contribution in [0, 0.1) is 11.8 Å². The Hall–Kier alpha value is -6.26. The van der Waals surface area contributed by atoms with Gasteiger partial charge in [-0.25, -0.2) is 0 Å². The molecule has 0 radical (unpaired) electrons. The molecule has 2 saturated heterocycles. The standard InChI is InChI=1S/C46H71N11O11S/c1-6-26(5)39-45(67)52-29(14-15-35(47)58)41(63)54-33(23-36(48)59)42(64)53-30(16-19-69-20-17-38(61)51-32(43(65)56-39)22-28-12-10-27(7-2)11-13-28)46(68)57-18-8-9-34(57)44(66)55-31(21-25(3)4)40(62)50-24-37(49)60/h10-13,25-26,29-34,39H,6-9,14-24H2,1-5H3,(H2,47,58)(H2,48,59)(H2,49,60)(H,50,62)(H,51,61)(H,52,67)(H,53,64)(H,54,63)(H,55,66)(H,56,65)/t26-,29-,30-,31-,32-,33-,34-,39-/m0/s1. The van der Waals surface area contributed by atoms with Crippen molar-refractivity contribution < 1.29 is 52.7 Å². The Bertz CT molecular complexity index is 2020. The van der Waals surface area contributed by atoms with E-state index in [1.807, 2.05) is 45.0 Å². The number of nitrogens with two attached hydrogens (primary N) is 3. The maximum Gasteiger partial charge on any atom is 0.245 e. The van der Waals surface area contributed by atoms with Gasteiger partial charge in [0.25, 0.3) is 0 Å². The number of benzene rings is 1. The SMILES string of the molecule is CCc1ccc(C[C@@H]2NC(=O)CCSCC[C@@H](C(=O)N3CCC[C@H]3C(=O)N[C@@H](CC(C)C)C(=O)NCC(N)=O)NC(=O)[C@H](CC(N)=O)NC(=O)[C@H](CCC(N)=O)NC(=O)[C@H]([C@@H](C)CC)NC2=O)cc1. The zero-order chi connectivity index (χ0) is 51.4. The normalized spacial score (nSPS) is 23.2. The van der Waals surface area contributed by atoms with E-state index in [0.29, 0.717) is 12.8 Å². The summed E-state index contributed by atoms with van der Waals surface area (Å²) >= 11 is 1.27. The molecule has 0 aromatic heterocycles. The highest BCUT2D eigenvalue weighted by molar-refractivity contribution is 7.99. The quantitative estimate of drug-likeness (QED) is 0.0768. The van der Waals surface area contributed by atoms with Crippen LogP contribution >= 0.6 is 11.8 Å². The molecule has 13 N–H and O–H groups in total. The maximum absolute atomic E-state index is 14.5. The summed E-state index contributed by atoms with van der Waals surface area (Å²) < 4.78 is 0. The molecule has 22 nitrogen and oxygen atoms in total. The third-order valence-electron chi connectivity index (χ3n) is 11.9. The van der Waals surface area contributed by atoms with Crippen molar-refractivity contribution in [2.45, 2.75) is 148 Å². The van der Waals surface area contributed by atoms with Crippen LogP contribution in [0.5, 0.6) is 0 Å². The highest BCUT2D eigenvalue weighted by Crippen LogP contribution is 2.22. The van der Waals surface area contributed by atoms with E-state index in [0.717, 1.165) is 17.5 Å². The zero-order valence-corrected chi connectivity index (χ0v) is 41.0. The highest BCUT2D eigenvalue weighted by Gasteiger charge is 2.40. The van der Waals surface area contributed by atoms with Gasteiger partial charge in [0.2, 0.25) is 65.0 Å². The predicted molar refractivity (Wildman–Crippen MR) is 256 cm³/mol. The number of aryl methyl sites for hydroxylation is 1. The van der Waals surface area contributed by atoms with Crippen LogP contribution in [0.4, 0.5) is 0 Å². The fraction of sp³-hybridized carbons (Fsp3) is 0.630. The van der Waals surface area contributed by atoms with Gasteiger partial charge in [0.15, 0.2) is 0 Å². The number of rotatable bonds is 18. The van der Waals surface area contributed by atoms with Crippen LogP contribution < -0.4 is 54.4 Å². The average molecular weight is 986 g/mol. The number of thioether (sulfide) groups is 1. The highest BCUT2D eigenvalue weighted by atomic mass is 32.2. The summed E-state index contributed by atoms with van der Waals surface area (Å²) in [5, 5.41) is 18.3. The molecule has 2 aliphatic heterocycles. The van der Waals surface area contributed by atoms with Crippen molar-refractivity contribution in [1.82, 2.24) is 42.1 Å². The van der Waals surface area contributed by atoms with Crippen molar-refractivity contribution in [2.75, 3.05) is 24.6 Å². The number of nitrogens with zero attached hydrogens (tertiary/aromatic N) is 1. The minimum Gasteiger partial charge on any atom is -0.370 e. The van der Waals surface area contributed by atoms with Gasteiger partial charge in [-0.2, -0.15) is 11.8 Å². The van der Waals surface area contributed by atoms with Crippen LogP contribution in [0.3, 0.4) is 0 Å². The van der Waals surface area contributed by atoms with Crippen molar-refractivity contribution >= 4 is 76.7 Å². The first-order valence-corrected chi connectivity index (χ1v) is 24.7. The summed E-state index contributed by atoms with van der Waals surface area (Å²) in [4.78, 5) is 148. The Morgan fingerprint density at radius 1 is 0.754 bits per heavy atom. The molecule has 0 unspecified atom stereocenters. The van der Waals surface area contributed by atoms with Crippen LogP contribution in [0.2, 0.25) is 0 Å². The summed E-state index contributed by atoms with van der Waals surface area (Å²) in [6, 6.07) is -1.59. The van der Waals surface area contributed by atoms with Gasteiger partial charge >= 0.3 is 0 Å². The van der Waals surface area contributed by atoms with Crippen molar-refractivity contribution in [3.63, 3.8) is 0 Å². The van der Waals surface area contributed by atoms with E-state index < -0.39 is 133 Å². The summed E-state index contributed by atoms with van der Waals surface area (Å²) in [7, 11) is 0. The molecular formula is C46H71N11O11S. The predicted octanol–water partition coefficient (Wildman–Crippen LogP) is -1.95. The number of nitrogens with one attached hydrogen (secondary N) is 7. The van der Waals surface area contributed by atoms with E-state index in [2.05, 4.69) is 37.2 Å². The molecule has 69 heavy (non-hydrogen) atoms. The Morgan fingerprint density at radius 2 is 1.39 bits per heavy atom. The lowest BCUT2D eigenvalue weighted by Gasteiger charge is -2.31. The average Bonchev–Trinajstić information content (AvgIpc) is 3.79. The zero-order valence-electron chi connectivity index (χ0n) is 40.2. The van der Waals surface area contributed by atoms with E-state index in [1.165, 1.54) is 16.7 Å². The van der Waals surface area contributed by atoms with Crippen molar-refractivity contribution in [2.24, 2.45) is 29.0 Å². The van der Waals surface area contributed by atoms with Gasteiger partial charge in [-0.15, -0.1) is 0 Å². The van der Waals surface area contributed by atoms with Crippen molar-refractivity contribution in [1.29, 1.82) is 0 Å². The van der Waals surface area contributed by atoms with Crippen LogP contribution in [-0.4, -0.2) is 137 Å². The molecular weight excluding hydrogens is 915 g/mol. The van der Waals surface area contributed by atoms with Gasteiger partial charge < -0.3 is 59.3 Å². The van der Waals surface area contributed by atoms with E-state index in [1.54, 1.807) is 13.8 Å². The molecule has 3 rings (SSSR count). The molecule has 1 aromatic carbocycles. The maximum atomic E-state index is 14.5. The summed E-state index contributed by atoms with van der Waals surface area (Å²) in [5.74, 6) is -8.76. The molecule has 0 saturated carbocycles. The van der Waals surface area contributed by atoms with Crippen LogP contribution in [0.25, 0.3) is 0 Å². The minimum absolute atomic E-state index is 0.0580. The molecule has 2 heterocycles. The summed E-state index contributed by atoms with van der Waals surface area (Å²) in [5.41, 5.74) is 18.0. The number of carbonyl (C=O) groups is 11. The Balaban J connectivity index is 2.02. The third kappa shape index (κ3) is 19.0. The largest absolute Gasteiger partial charge is 0.370 e. The molecule has 0 bridgehead atoms. The molecule has 2 fully saturated rings. The molecule has 23 heteroatoms. The fourth-order valence-electron chi connectivity index (χ4n) is 7.85. The van der Waals surface area contributed by atoms with E-state index in [-0.39, 0.29) is 62.5 Å². The first kappa shape index (κ1) is 57.1. The smallest absolute Gasteiger partial charge is 0.245 e. The lowest BCUT2D eigenvalue weighted by Crippen LogP contribution is -2.61. The molecule has 0 aliphatic carbocycles. The third-order valence-corrected chi connectivity index (χ3v) is 12.9. The first-order chi connectivity index (χ1) is 32.6. The number of amides is 11. The van der Waals surface area contributed by atoms with Gasteiger partial charge in [-0.05, 0) is 67.2 Å². The lowest BCUT2D eigenvalue weighted by atomic mass is 9.96. The molecule has 382 valence electrons. The van der Waals surface area contributed by atoms with Gasteiger partial charge in [-0.1, -0.05) is 65.3 Å². The monoisotopic (exact) mass is 986 g/mol. The van der Waals surface area contributed by atoms with E-state index in [4.69, 9.17) is 17.2 Å². The number of likely N-dealkylation sites (tertiary alicyclic amines) is 1. The Morgan fingerprint density at radius 3 is 2.00 bits per heavy atom. The second-order valence-corrected chi connectivity index (χ2v) is 19.2. The van der Waals surface area contributed by atoms with Gasteiger partial charge in [0.05, 0.1) is 13.0 Å². The molecule has 1 aromatic rings. The second kappa shape index (κ2) is 28.3. The van der Waals surface area contributed by atoms with Crippen LogP contribution in [-0.2, 0) is 65.6 Å². The number of carbonyl (C=O) groups excluding carboxylic acids is 11. The first-order valence-electron chi connectivity index (χ1n) is 23.5. The van der Waals surface area contributed by atoms with Crippen LogP contribution in [0.1, 0.15) is 104 Å². The molecule has 2 aliphatic rings. The van der Waals surface area contributed by atoms with Gasteiger partial charge in [-0.3, -0.25) is 52.7 Å². The topological polar surface area (TPSA) is 353 Å². The van der Waals surface area contributed by atoms with Gasteiger partial charge in [0.1, 0.15) is 42.3 Å². The Labute approximate surface area is 407 Å². The van der Waals surface area contributed by atoms with E-state index >= 15 is 0 Å². The summed E-state index contributed by atoms with van der Waals surface area (Å²) in [6.45, 7) is 8.80. The summed E-state index contributed by atoms with van der Waals surface area (Å²) in [6.07, 6.45) is 0.423. The van der Waals surface area contributed by atoms with Crippen molar-refractivity contribution in [3.05, 3.63) is 35.4 Å². The lowest BCUT2D eigenvalue weighted by molar-refractivity contribution is -0.142. The molecule has 8 atom stereocenters. The molecule has 11 amide bonds. The minimum atomic E-state index is -1.70. The number of hydrogen-bond donors (Lipinski definition) is 10.